The Morgan fingerprint density at radius 2 is 2.06 bits per heavy atom. The van der Waals surface area contributed by atoms with Crippen molar-refractivity contribution < 1.29 is 22.7 Å². The van der Waals surface area contributed by atoms with E-state index in [0.29, 0.717) is 16.3 Å². The van der Waals surface area contributed by atoms with Crippen LogP contribution in [0.2, 0.25) is 5.02 Å². The SMILES string of the molecule is COc1ccc(Cl)cc1CCC(=O)C(F)(F)F. The molecule has 0 amide bonds. The maximum absolute atomic E-state index is 12.0. The number of methoxy groups -OCH3 is 1. The van der Waals surface area contributed by atoms with E-state index in [1.54, 1.807) is 12.1 Å². The van der Waals surface area contributed by atoms with Crippen molar-refractivity contribution >= 4 is 17.4 Å². The minimum absolute atomic E-state index is 0.0535. The van der Waals surface area contributed by atoms with Gasteiger partial charge < -0.3 is 4.74 Å². The monoisotopic (exact) mass is 266 g/mol. The fourth-order valence-electron chi connectivity index (χ4n) is 1.33. The zero-order valence-corrected chi connectivity index (χ0v) is 9.73. The second-order valence-corrected chi connectivity index (χ2v) is 3.81. The first-order valence-corrected chi connectivity index (χ1v) is 5.15. The predicted molar refractivity (Wildman–Crippen MR) is 57.4 cm³/mol. The summed E-state index contributed by atoms with van der Waals surface area (Å²) in [4.78, 5) is 10.7. The van der Waals surface area contributed by atoms with Gasteiger partial charge in [-0.05, 0) is 30.2 Å². The number of ether oxygens (including phenoxy) is 1. The first kappa shape index (κ1) is 13.8. The zero-order chi connectivity index (χ0) is 13.1. The molecule has 0 radical (unpaired) electrons. The highest BCUT2D eigenvalue weighted by atomic mass is 35.5. The lowest BCUT2D eigenvalue weighted by atomic mass is 10.1. The molecule has 0 spiro atoms. The van der Waals surface area contributed by atoms with Crippen molar-refractivity contribution in [1.29, 1.82) is 0 Å². The van der Waals surface area contributed by atoms with Crippen molar-refractivity contribution in [2.75, 3.05) is 7.11 Å². The van der Waals surface area contributed by atoms with Gasteiger partial charge in [-0.1, -0.05) is 11.6 Å². The molecule has 0 heterocycles. The number of benzene rings is 1. The lowest BCUT2D eigenvalue weighted by molar-refractivity contribution is -0.171. The molecule has 6 heteroatoms. The van der Waals surface area contributed by atoms with Crippen LogP contribution in [0.25, 0.3) is 0 Å². The molecular formula is C11H10ClF3O2. The molecule has 1 aromatic rings. The molecular weight excluding hydrogens is 257 g/mol. The molecule has 0 fully saturated rings. The molecule has 0 aliphatic carbocycles. The topological polar surface area (TPSA) is 26.3 Å². The number of Topliss-reactive ketones (excluding diaryl/α,β-unsaturated/α-hetero) is 1. The van der Waals surface area contributed by atoms with Crippen LogP contribution in [0, 0.1) is 0 Å². The molecule has 0 aliphatic heterocycles. The number of hydrogen-bond donors (Lipinski definition) is 0. The molecule has 1 aromatic carbocycles. The normalized spacial score (nSPS) is 11.4. The van der Waals surface area contributed by atoms with Crippen LogP contribution in [-0.4, -0.2) is 19.1 Å². The Kier molecular flexibility index (Phi) is 4.40. The number of ketones is 1. The summed E-state index contributed by atoms with van der Waals surface area (Å²) in [5.74, 6) is -1.33. The van der Waals surface area contributed by atoms with Crippen molar-refractivity contribution in [2.45, 2.75) is 19.0 Å². The fraction of sp³-hybridized carbons (Fsp3) is 0.364. The molecule has 0 unspecified atom stereocenters. The van der Waals surface area contributed by atoms with Crippen LogP contribution in [0.1, 0.15) is 12.0 Å². The second kappa shape index (κ2) is 5.40. The molecule has 0 N–H and O–H groups in total. The number of carbonyl (C=O) groups excluding carboxylic acids is 1. The van der Waals surface area contributed by atoms with E-state index >= 15 is 0 Å². The van der Waals surface area contributed by atoms with Gasteiger partial charge in [0, 0.05) is 11.4 Å². The predicted octanol–water partition coefficient (Wildman–Crippen LogP) is 3.41. The highest BCUT2D eigenvalue weighted by Gasteiger charge is 2.37. The van der Waals surface area contributed by atoms with Gasteiger partial charge in [0.15, 0.2) is 0 Å². The van der Waals surface area contributed by atoms with Gasteiger partial charge in [-0.25, -0.2) is 0 Å². The average molecular weight is 267 g/mol. The quantitative estimate of drug-likeness (QED) is 0.835. The number of hydrogen-bond acceptors (Lipinski definition) is 2. The van der Waals surface area contributed by atoms with Crippen LogP contribution in [0.15, 0.2) is 18.2 Å². The average Bonchev–Trinajstić information content (AvgIpc) is 2.24. The van der Waals surface area contributed by atoms with Crippen molar-refractivity contribution in [1.82, 2.24) is 0 Å². The molecule has 0 saturated carbocycles. The van der Waals surface area contributed by atoms with Crippen molar-refractivity contribution in [3.05, 3.63) is 28.8 Å². The molecule has 0 aliphatic rings. The summed E-state index contributed by atoms with van der Waals surface area (Å²) in [6, 6.07) is 4.61. The van der Waals surface area contributed by atoms with E-state index in [0.717, 1.165) is 0 Å². The van der Waals surface area contributed by atoms with Crippen LogP contribution in [0.3, 0.4) is 0 Å². The highest BCUT2D eigenvalue weighted by molar-refractivity contribution is 6.30. The summed E-state index contributed by atoms with van der Waals surface area (Å²) < 4.78 is 41.0. The van der Waals surface area contributed by atoms with Crippen molar-refractivity contribution in [3.63, 3.8) is 0 Å². The van der Waals surface area contributed by atoms with Crippen LogP contribution in [0.5, 0.6) is 5.75 Å². The molecule has 17 heavy (non-hydrogen) atoms. The lowest BCUT2D eigenvalue weighted by Crippen LogP contribution is -2.22. The van der Waals surface area contributed by atoms with E-state index in [4.69, 9.17) is 16.3 Å². The minimum atomic E-state index is -4.79. The maximum Gasteiger partial charge on any atom is 0.449 e. The summed E-state index contributed by atoms with van der Waals surface area (Å²) in [7, 11) is 1.40. The Labute approximate surface area is 101 Å². The second-order valence-electron chi connectivity index (χ2n) is 3.38. The van der Waals surface area contributed by atoms with Gasteiger partial charge in [-0.2, -0.15) is 13.2 Å². The first-order chi connectivity index (χ1) is 7.84. The molecule has 94 valence electrons. The minimum Gasteiger partial charge on any atom is -0.496 e. The molecule has 1 rings (SSSR count). The summed E-state index contributed by atoms with van der Waals surface area (Å²) in [5, 5.41) is 0.389. The third kappa shape index (κ3) is 3.93. The Bertz CT molecular complexity index is 416. The van der Waals surface area contributed by atoms with E-state index in [-0.39, 0.29) is 6.42 Å². The summed E-state index contributed by atoms with van der Waals surface area (Å²) in [5.41, 5.74) is 0.484. The van der Waals surface area contributed by atoms with Crippen molar-refractivity contribution in [2.24, 2.45) is 0 Å². The molecule has 0 bridgehead atoms. The van der Waals surface area contributed by atoms with Gasteiger partial charge >= 0.3 is 6.18 Å². The highest BCUT2D eigenvalue weighted by Crippen LogP contribution is 2.25. The Morgan fingerprint density at radius 3 is 2.59 bits per heavy atom. The van der Waals surface area contributed by atoms with Gasteiger partial charge in [-0.3, -0.25) is 4.79 Å². The summed E-state index contributed by atoms with van der Waals surface area (Å²) in [6.45, 7) is 0. The Morgan fingerprint density at radius 1 is 1.41 bits per heavy atom. The van der Waals surface area contributed by atoms with Gasteiger partial charge in [0.1, 0.15) is 5.75 Å². The summed E-state index contributed by atoms with van der Waals surface area (Å²) in [6.07, 6.45) is -5.45. The van der Waals surface area contributed by atoms with Crippen molar-refractivity contribution in [3.8, 4) is 5.75 Å². The zero-order valence-electron chi connectivity index (χ0n) is 8.97. The van der Waals surface area contributed by atoms with E-state index in [9.17, 15) is 18.0 Å². The Balaban J connectivity index is 2.75. The molecule has 0 saturated heterocycles. The number of halogens is 4. The lowest BCUT2D eigenvalue weighted by Gasteiger charge is -2.09. The fourth-order valence-corrected chi connectivity index (χ4v) is 1.53. The van der Waals surface area contributed by atoms with Gasteiger partial charge in [0.2, 0.25) is 5.78 Å². The largest absolute Gasteiger partial charge is 0.496 e. The van der Waals surface area contributed by atoms with E-state index in [1.165, 1.54) is 13.2 Å². The Hall–Kier alpha value is -1.23. The molecule has 0 atom stereocenters. The maximum atomic E-state index is 12.0. The number of carbonyl (C=O) groups is 1. The van der Waals surface area contributed by atoms with E-state index in [2.05, 4.69) is 0 Å². The smallest absolute Gasteiger partial charge is 0.449 e. The third-order valence-corrected chi connectivity index (χ3v) is 2.42. The standard InChI is InChI=1S/C11H10ClF3O2/c1-17-9-4-3-8(12)6-7(9)2-5-10(16)11(13,14)15/h3-4,6H,2,5H2,1H3. The molecule has 0 aromatic heterocycles. The van der Waals surface area contributed by atoms with E-state index < -0.39 is 18.4 Å². The van der Waals surface area contributed by atoms with Crippen LogP contribution < -0.4 is 4.74 Å². The van der Waals surface area contributed by atoms with Gasteiger partial charge in [-0.15, -0.1) is 0 Å². The molecule has 2 nitrogen and oxygen atoms in total. The van der Waals surface area contributed by atoms with Crippen LogP contribution in [0.4, 0.5) is 13.2 Å². The number of alkyl halides is 3. The summed E-state index contributed by atoms with van der Waals surface area (Å²) >= 11 is 5.72. The third-order valence-electron chi connectivity index (χ3n) is 2.18. The van der Waals surface area contributed by atoms with Crippen LogP contribution in [-0.2, 0) is 11.2 Å². The van der Waals surface area contributed by atoms with Gasteiger partial charge in [0.25, 0.3) is 0 Å². The van der Waals surface area contributed by atoms with E-state index in [1.807, 2.05) is 0 Å². The van der Waals surface area contributed by atoms with Gasteiger partial charge in [0.05, 0.1) is 7.11 Å². The first-order valence-electron chi connectivity index (χ1n) is 4.77. The van der Waals surface area contributed by atoms with Crippen LogP contribution >= 0.6 is 11.6 Å². The number of rotatable bonds is 4. The number of aryl methyl sites for hydroxylation is 1.